The Hall–Kier alpha value is -2.05. The number of nitrogen functional groups attached to an aromatic ring is 1. The fourth-order valence-corrected chi connectivity index (χ4v) is 2.40. The summed E-state index contributed by atoms with van der Waals surface area (Å²) in [6, 6.07) is 11.6. The van der Waals surface area contributed by atoms with Crippen molar-refractivity contribution in [2.45, 2.75) is 11.8 Å². The molecular weight excluding hydrogens is 264 g/mol. The summed E-state index contributed by atoms with van der Waals surface area (Å²) in [5, 5.41) is 2.94. The third-order valence-corrected chi connectivity index (χ3v) is 3.50. The van der Waals surface area contributed by atoms with E-state index in [-0.39, 0.29) is 4.90 Å². The fourth-order valence-electron chi connectivity index (χ4n) is 1.67. The lowest BCUT2D eigenvalue weighted by atomic mass is 10.2. The van der Waals surface area contributed by atoms with Gasteiger partial charge in [-0.25, -0.2) is 0 Å². The Morgan fingerprint density at radius 3 is 2.32 bits per heavy atom. The molecule has 0 radical (unpaired) electrons. The van der Waals surface area contributed by atoms with Crippen molar-refractivity contribution in [3.63, 3.8) is 0 Å². The van der Waals surface area contributed by atoms with Gasteiger partial charge in [-0.3, -0.25) is 4.55 Å². The summed E-state index contributed by atoms with van der Waals surface area (Å²) in [6.07, 6.45) is 0. The van der Waals surface area contributed by atoms with Crippen LogP contribution in [0.4, 0.5) is 17.1 Å². The predicted octanol–water partition coefficient (Wildman–Crippen LogP) is 2.57. The van der Waals surface area contributed by atoms with Crippen LogP contribution in [-0.2, 0) is 10.1 Å². The zero-order valence-corrected chi connectivity index (χ0v) is 11.1. The lowest BCUT2D eigenvalue weighted by molar-refractivity contribution is 0.483. The molecule has 0 aliphatic carbocycles. The zero-order chi connectivity index (χ0) is 14.0. The summed E-state index contributed by atoms with van der Waals surface area (Å²) in [5.41, 5.74) is 7.94. The van der Waals surface area contributed by atoms with Crippen molar-refractivity contribution < 1.29 is 13.0 Å². The number of hydrogen-bond acceptors (Lipinski definition) is 4. The smallest absolute Gasteiger partial charge is 0.296 e. The van der Waals surface area contributed by atoms with Gasteiger partial charge in [-0.1, -0.05) is 6.07 Å². The Kier molecular flexibility index (Phi) is 3.46. The van der Waals surface area contributed by atoms with Crippen LogP contribution < -0.4 is 11.1 Å². The van der Waals surface area contributed by atoms with E-state index in [1.165, 1.54) is 6.07 Å². The van der Waals surface area contributed by atoms with Crippen LogP contribution in [0.1, 0.15) is 5.56 Å². The van der Waals surface area contributed by atoms with Gasteiger partial charge in [0.25, 0.3) is 10.1 Å². The highest BCUT2D eigenvalue weighted by Gasteiger charge is 2.15. The minimum Gasteiger partial charge on any atom is -0.399 e. The monoisotopic (exact) mass is 278 g/mol. The maximum absolute atomic E-state index is 11.3. The number of nitrogens with two attached hydrogens (primary N) is 1. The van der Waals surface area contributed by atoms with Crippen molar-refractivity contribution in [1.82, 2.24) is 0 Å². The summed E-state index contributed by atoms with van der Waals surface area (Å²) in [4.78, 5) is -0.149. The van der Waals surface area contributed by atoms with Gasteiger partial charge in [0.15, 0.2) is 0 Å². The Morgan fingerprint density at radius 1 is 1.11 bits per heavy atom. The first-order valence-electron chi connectivity index (χ1n) is 5.57. The van der Waals surface area contributed by atoms with Crippen molar-refractivity contribution in [3.05, 3.63) is 48.0 Å². The number of rotatable bonds is 3. The Labute approximate surface area is 111 Å². The van der Waals surface area contributed by atoms with Crippen LogP contribution in [0.15, 0.2) is 47.4 Å². The van der Waals surface area contributed by atoms with Gasteiger partial charge >= 0.3 is 0 Å². The normalized spacial score (nSPS) is 11.3. The first kappa shape index (κ1) is 13.4. The maximum atomic E-state index is 11.3. The molecule has 6 heteroatoms. The summed E-state index contributed by atoms with van der Waals surface area (Å²) in [6.45, 7) is 1.75. The quantitative estimate of drug-likeness (QED) is 0.592. The van der Waals surface area contributed by atoms with Crippen molar-refractivity contribution >= 4 is 27.2 Å². The summed E-state index contributed by atoms with van der Waals surface area (Å²) >= 11 is 0. The molecule has 2 aromatic rings. The standard InChI is InChI=1S/C13H14N2O3S/c1-9-2-7-12(13(8-9)19(16,17)18)15-11-5-3-10(14)4-6-11/h2-8,15H,14H2,1H3,(H,16,17,18). The van der Waals surface area contributed by atoms with E-state index in [4.69, 9.17) is 5.73 Å². The molecule has 0 fully saturated rings. The molecule has 19 heavy (non-hydrogen) atoms. The van der Waals surface area contributed by atoms with Gasteiger partial charge in [-0.15, -0.1) is 0 Å². The van der Waals surface area contributed by atoms with Crippen LogP contribution in [0.2, 0.25) is 0 Å². The third-order valence-electron chi connectivity index (χ3n) is 2.60. The molecule has 4 N–H and O–H groups in total. The van der Waals surface area contributed by atoms with E-state index >= 15 is 0 Å². The molecule has 0 aliphatic heterocycles. The number of benzene rings is 2. The third kappa shape index (κ3) is 3.24. The SMILES string of the molecule is Cc1ccc(Nc2ccc(N)cc2)c(S(=O)(=O)O)c1. The molecule has 100 valence electrons. The Morgan fingerprint density at radius 2 is 1.74 bits per heavy atom. The highest BCUT2D eigenvalue weighted by molar-refractivity contribution is 7.86. The van der Waals surface area contributed by atoms with Crippen molar-refractivity contribution in [2.75, 3.05) is 11.1 Å². The molecule has 0 amide bonds. The van der Waals surface area contributed by atoms with E-state index in [2.05, 4.69) is 5.32 Å². The van der Waals surface area contributed by atoms with E-state index in [0.29, 0.717) is 17.1 Å². The van der Waals surface area contributed by atoms with Crippen LogP contribution in [0.3, 0.4) is 0 Å². The van der Waals surface area contributed by atoms with Gasteiger partial charge in [-0.2, -0.15) is 8.42 Å². The minimum absolute atomic E-state index is 0.149. The van der Waals surface area contributed by atoms with Crippen LogP contribution in [0.25, 0.3) is 0 Å². The van der Waals surface area contributed by atoms with E-state index in [1.54, 1.807) is 43.3 Å². The predicted molar refractivity (Wildman–Crippen MR) is 75.1 cm³/mol. The van der Waals surface area contributed by atoms with Crippen molar-refractivity contribution in [2.24, 2.45) is 0 Å². The van der Waals surface area contributed by atoms with Gasteiger partial charge < -0.3 is 11.1 Å². The van der Waals surface area contributed by atoms with E-state index in [0.717, 1.165) is 5.56 Å². The first-order chi connectivity index (χ1) is 8.86. The molecule has 0 saturated heterocycles. The molecule has 0 bridgehead atoms. The lowest BCUT2D eigenvalue weighted by Gasteiger charge is -2.11. The Balaban J connectivity index is 2.43. The second-order valence-electron chi connectivity index (χ2n) is 4.22. The molecule has 0 aliphatic rings. The molecule has 2 rings (SSSR count). The van der Waals surface area contributed by atoms with Crippen molar-refractivity contribution in [3.8, 4) is 0 Å². The summed E-state index contributed by atoms with van der Waals surface area (Å²) in [7, 11) is -4.27. The number of nitrogens with one attached hydrogen (secondary N) is 1. The molecule has 0 atom stereocenters. The maximum Gasteiger partial charge on any atom is 0.296 e. The topological polar surface area (TPSA) is 92.4 Å². The average Bonchev–Trinajstić information content (AvgIpc) is 2.33. The van der Waals surface area contributed by atoms with Crippen LogP contribution in [-0.4, -0.2) is 13.0 Å². The van der Waals surface area contributed by atoms with Gasteiger partial charge in [0.1, 0.15) is 4.90 Å². The zero-order valence-electron chi connectivity index (χ0n) is 10.3. The highest BCUT2D eigenvalue weighted by Crippen LogP contribution is 2.26. The molecule has 0 heterocycles. The van der Waals surface area contributed by atoms with Gasteiger partial charge in [0.2, 0.25) is 0 Å². The van der Waals surface area contributed by atoms with Gasteiger partial charge in [0, 0.05) is 11.4 Å². The van der Waals surface area contributed by atoms with Gasteiger partial charge in [-0.05, 0) is 48.9 Å². The molecule has 0 unspecified atom stereocenters. The minimum atomic E-state index is -4.27. The molecule has 0 spiro atoms. The number of anilines is 3. The molecule has 0 saturated carbocycles. The largest absolute Gasteiger partial charge is 0.399 e. The fraction of sp³-hybridized carbons (Fsp3) is 0.0769. The van der Waals surface area contributed by atoms with Crippen LogP contribution in [0, 0.1) is 6.92 Å². The summed E-state index contributed by atoms with van der Waals surface area (Å²) in [5.74, 6) is 0. The number of hydrogen-bond donors (Lipinski definition) is 3. The second kappa shape index (κ2) is 4.91. The van der Waals surface area contributed by atoms with E-state index in [9.17, 15) is 13.0 Å². The Bertz CT molecular complexity index is 694. The second-order valence-corrected chi connectivity index (χ2v) is 5.61. The molecule has 0 aromatic heterocycles. The van der Waals surface area contributed by atoms with Crippen molar-refractivity contribution in [1.29, 1.82) is 0 Å². The molecule has 2 aromatic carbocycles. The molecular formula is C13H14N2O3S. The van der Waals surface area contributed by atoms with Gasteiger partial charge in [0.05, 0.1) is 5.69 Å². The summed E-state index contributed by atoms with van der Waals surface area (Å²) < 4.78 is 31.9. The first-order valence-corrected chi connectivity index (χ1v) is 7.01. The molecule has 5 nitrogen and oxygen atoms in total. The average molecular weight is 278 g/mol. The lowest BCUT2D eigenvalue weighted by Crippen LogP contribution is -2.04. The van der Waals surface area contributed by atoms with Crippen LogP contribution >= 0.6 is 0 Å². The van der Waals surface area contributed by atoms with E-state index in [1.807, 2.05) is 0 Å². The number of aryl methyl sites for hydroxylation is 1. The highest BCUT2D eigenvalue weighted by atomic mass is 32.2. The van der Waals surface area contributed by atoms with Crippen LogP contribution in [0.5, 0.6) is 0 Å². The van der Waals surface area contributed by atoms with E-state index < -0.39 is 10.1 Å².